The number of rotatable bonds is 4. The van der Waals surface area contributed by atoms with Crippen molar-refractivity contribution < 1.29 is 9.13 Å². The summed E-state index contributed by atoms with van der Waals surface area (Å²) in [6.07, 6.45) is 3.95. The number of fused-ring (bicyclic) bond motifs is 1. The van der Waals surface area contributed by atoms with E-state index in [0.717, 1.165) is 41.4 Å². The van der Waals surface area contributed by atoms with Gasteiger partial charge in [0.15, 0.2) is 5.82 Å². The van der Waals surface area contributed by atoms with Gasteiger partial charge in [0.2, 0.25) is 0 Å². The Kier molecular flexibility index (Phi) is 5.14. The Balaban J connectivity index is 2.06. The van der Waals surface area contributed by atoms with Gasteiger partial charge in [-0.3, -0.25) is 0 Å². The van der Waals surface area contributed by atoms with E-state index < -0.39 is 5.82 Å². The summed E-state index contributed by atoms with van der Waals surface area (Å²) < 4.78 is 22.2. The zero-order chi connectivity index (χ0) is 15.7. The van der Waals surface area contributed by atoms with Crippen LogP contribution < -0.4 is 4.74 Å². The lowest BCUT2D eigenvalue weighted by atomic mass is 9.99. The molecule has 0 spiro atoms. The SMILES string of the molecule is Fc1cc(Cl)c(OCCI)cc1-n1nc2c(c1Cl)CCCC2. The number of halogens is 4. The van der Waals surface area contributed by atoms with Crippen molar-refractivity contribution >= 4 is 45.8 Å². The first kappa shape index (κ1) is 16.3. The van der Waals surface area contributed by atoms with Crippen LogP contribution in [0.4, 0.5) is 4.39 Å². The summed E-state index contributed by atoms with van der Waals surface area (Å²) in [6, 6.07) is 2.81. The highest BCUT2D eigenvalue weighted by molar-refractivity contribution is 14.1. The van der Waals surface area contributed by atoms with E-state index in [1.54, 1.807) is 6.07 Å². The third-order valence-corrected chi connectivity index (χ3v) is 4.78. The smallest absolute Gasteiger partial charge is 0.150 e. The van der Waals surface area contributed by atoms with Gasteiger partial charge in [-0.2, -0.15) is 5.10 Å². The number of hydrogen-bond acceptors (Lipinski definition) is 2. The van der Waals surface area contributed by atoms with Crippen LogP contribution in [0.15, 0.2) is 12.1 Å². The van der Waals surface area contributed by atoms with Gasteiger partial charge in [0.25, 0.3) is 0 Å². The highest BCUT2D eigenvalue weighted by Gasteiger charge is 2.22. The topological polar surface area (TPSA) is 27.1 Å². The maximum atomic E-state index is 14.3. The van der Waals surface area contributed by atoms with Gasteiger partial charge in [-0.25, -0.2) is 9.07 Å². The maximum Gasteiger partial charge on any atom is 0.150 e. The van der Waals surface area contributed by atoms with Crippen molar-refractivity contribution in [2.75, 3.05) is 11.0 Å². The first-order valence-electron chi connectivity index (χ1n) is 7.06. The van der Waals surface area contributed by atoms with E-state index in [9.17, 15) is 4.39 Å². The van der Waals surface area contributed by atoms with Crippen molar-refractivity contribution in [1.82, 2.24) is 9.78 Å². The Morgan fingerprint density at radius 1 is 1.27 bits per heavy atom. The van der Waals surface area contributed by atoms with Crippen LogP contribution in [-0.2, 0) is 12.8 Å². The zero-order valence-electron chi connectivity index (χ0n) is 11.7. The van der Waals surface area contributed by atoms with Gasteiger partial charge in [0, 0.05) is 16.1 Å². The van der Waals surface area contributed by atoms with E-state index in [-0.39, 0.29) is 10.7 Å². The van der Waals surface area contributed by atoms with Gasteiger partial charge in [-0.15, -0.1) is 0 Å². The molecule has 0 atom stereocenters. The Labute approximate surface area is 151 Å². The molecular formula is C15H14Cl2FIN2O. The third-order valence-electron chi connectivity index (χ3n) is 3.66. The van der Waals surface area contributed by atoms with Crippen LogP contribution in [0.5, 0.6) is 5.75 Å². The van der Waals surface area contributed by atoms with Gasteiger partial charge in [-0.05, 0) is 31.7 Å². The molecule has 0 fully saturated rings. The third kappa shape index (κ3) is 3.08. The second kappa shape index (κ2) is 6.93. The van der Waals surface area contributed by atoms with Crippen LogP contribution in [0.2, 0.25) is 10.2 Å². The lowest BCUT2D eigenvalue weighted by Crippen LogP contribution is -2.04. The summed E-state index contributed by atoms with van der Waals surface area (Å²) in [5.74, 6) is -0.0205. The number of aromatic nitrogens is 2. The standard InChI is InChI=1S/C15H14Cl2FIN2O/c16-10-7-11(18)13(8-14(10)22-6-5-19)21-15(17)9-3-1-2-4-12(9)20-21/h7-8H,1-6H2. The molecule has 1 aliphatic carbocycles. The van der Waals surface area contributed by atoms with Crippen molar-refractivity contribution in [2.45, 2.75) is 25.7 Å². The molecule has 0 saturated heterocycles. The first-order valence-corrected chi connectivity index (χ1v) is 9.34. The Morgan fingerprint density at radius 3 is 2.77 bits per heavy atom. The molecule has 0 saturated carbocycles. The second-order valence-corrected chi connectivity index (χ2v) is 6.95. The number of alkyl halides is 1. The monoisotopic (exact) mass is 454 g/mol. The quantitative estimate of drug-likeness (QED) is 0.479. The van der Waals surface area contributed by atoms with Crippen LogP contribution in [0.3, 0.4) is 0 Å². The van der Waals surface area contributed by atoms with Gasteiger partial charge in [0.05, 0.1) is 17.3 Å². The molecule has 118 valence electrons. The van der Waals surface area contributed by atoms with Crippen LogP contribution >= 0.6 is 45.8 Å². The van der Waals surface area contributed by atoms with Crippen LogP contribution in [0.1, 0.15) is 24.1 Å². The molecule has 1 heterocycles. The number of hydrogen-bond donors (Lipinski definition) is 0. The van der Waals surface area contributed by atoms with Gasteiger partial charge < -0.3 is 4.74 Å². The van der Waals surface area contributed by atoms with Crippen LogP contribution in [0, 0.1) is 5.82 Å². The summed E-state index contributed by atoms with van der Waals surface area (Å²) >= 11 is 14.6. The largest absolute Gasteiger partial charge is 0.491 e. The minimum absolute atomic E-state index is 0.249. The molecule has 7 heteroatoms. The lowest BCUT2D eigenvalue weighted by Gasteiger charge is -2.11. The molecule has 1 aromatic carbocycles. The van der Waals surface area contributed by atoms with Crippen molar-refractivity contribution in [2.24, 2.45) is 0 Å². The molecule has 1 aliphatic rings. The van der Waals surface area contributed by atoms with Crippen molar-refractivity contribution in [3.8, 4) is 11.4 Å². The molecule has 3 nitrogen and oxygen atoms in total. The summed E-state index contributed by atoms with van der Waals surface area (Å²) in [5.41, 5.74) is 2.25. The Morgan fingerprint density at radius 2 is 2.05 bits per heavy atom. The molecular weight excluding hydrogens is 441 g/mol. The molecule has 0 unspecified atom stereocenters. The van der Waals surface area contributed by atoms with Crippen molar-refractivity contribution in [1.29, 1.82) is 0 Å². The Hall–Kier alpha value is -0.530. The number of nitrogens with zero attached hydrogens (tertiary/aromatic N) is 2. The van der Waals surface area contributed by atoms with Gasteiger partial charge in [-0.1, -0.05) is 45.8 Å². The highest BCUT2D eigenvalue weighted by atomic mass is 127. The summed E-state index contributed by atoms with van der Waals surface area (Å²) in [7, 11) is 0. The van der Waals surface area contributed by atoms with Crippen LogP contribution in [0.25, 0.3) is 5.69 Å². The molecule has 0 amide bonds. The molecule has 0 bridgehead atoms. The molecule has 0 aliphatic heterocycles. The molecule has 3 rings (SSSR count). The summed E-state index contributed by atoms with van der Waals surface area (Å²) in [5, 5.41) is 5.21. The van der Waals surface area contributed by atoms with E-state index >= 15 is 0 Å². The average Bonchev–Trinajstić information content (AvgIpc) is 2.84. The van der Waals surface area contributed by atoms with E-state index in [0.29, 0.717) is 17.5 Å². The summed E-state index contributed by atoms with van der Waals surface area (Å²) in [4.78, 5) is 0. The van der Waals surface area contributed by atoms with Gasteiger partial charge >= 0.3 is 0 Å². The minimum atomic E-state index is -0.464. The fourth-order valence-electron chi connectivity index (χ4n) is 2.61. The number of aryl methyl sites for hydroxylation is 1. The first-order chi connectivity index (χ1) is 10.6. The average molecular weight is 455 g/mol. The van der Waals surface area contributed by atoms with E-state index in [2.05, 4.69) is 27.7 Å². The van der Waals surface area contributed by atoms with E-state index in [4.69, 9.17) is 27.9 Å². The highest BCUT2D eigenvalue weighted by Crippen LogP contribution is 2.34. The fraction of sp³-hybridized carbons (Fsp3) is 0.400. The van der Waals surface area contributed by atoms with E-state index in [1.165, 1.54) is 10.7 Å². The predicted molar refractivity (Wildman–Crippen MR) is 94.6 cm³/mol. The predicted octanol–water partition coefficient (Wildman–Crippen LogP) is 5.01. The fourth-order valence-corrected chi connectivity index (χ4v) is 3.37. The normalized spacial score (nSPS) is 14.0. The van der Waals surface area contributed by atoms with E-state index in [1.807, 2.05) is 0 Å². The van der Waals surface area contributed by atoms with Crippen molar-refractivity contribution in [3.63, 3.8) is 0 Å². The molecule has 0 N–H and O–H groups in total. The minimum Gasteiger partial charge on any atom is -0.491 e. The molecule has 0 radical (unpaired) electrons. The van der Waals surface area contributed by atoms with Crippen molar-refractivity contribution in [3.05, 3.63) is 39.4 Å². The maximum absolute atomic E-state index is 14.3. The molecule has 1 aromatic heterocycles. The second-order valence-electron chi connectivity index (χ2n) is 5.11. The number of benzene rings is 1. The van der Waals surface area contributed by atoms with Crippen LogP contribution in [-0.4, -0.2) is 20.8 Å². The van der Waals surface area contributed by atoms with Gasteiger partial charge in [0.1, 0.15) is 16.6 Å². The zero-order valence-corrected chi connectivity index (χ0v) is 15.4. The molecule has 2 aromatic rings. The lowest BCUT2D eigenvalue weighted by molar-refractivity contribution is 0.346. The Bertz CT molecular complexity index is 705. The summed E-state index contributed by atoms with van der Waals surface area (Å²) in [6.45, 7) is 0.509. The molecule has 22 heavy (non-hydrogen) atoms. The number of ether oxygens (including phenoxy) is 1.